The number of hydrogen-bond acceptors (Lipinski definition) is 2. The lowest BCUT2D eigenvalue weighted by Crippen LogP contribution is -2.25. The van der Waals surface area contributed by atoms with Crippen molar-refractivity contribution in [1.82, 2.24) is 15.1 Å². The molecule has 3 rings (SSSR count). The standard InChI is InChI=1S/C17H23N3/c1-13-10-17(20(2)19-13)11-15(12-18-16-8-9-16)14-6-4-3-5-7-14/h3-7,10,15-16,18H,8-9,11-12H2,1-2H3. The Kier molecular flexibility index (Phi) is 3.88. The predicted octanol–water partition coefficient (Wildman–Crippen LogP) is 2.81. The second-order valence-corrected chi connectivity index (χ2v) is 5.89. The first-order valence-electron chi connectivity index (χ1n) is 7.50. The minimum Gasteiger partial charge on any atom is -0.313 e. The molecule has 1 atom stereocenters. The summed E-state index contributed by atoms with van der Waals surface area (Å²) < 4.78 is 2.02. The third-order valence-electron chi connectivity index (χ3n) is 4.06. The average molecular weight is 269 g/mol. The van der Waals surface area contributed by atoms with Gasteiger partial charge in [0.05, 0.1) is 5.69 Å². The van der Waals surface area contributed by atoms with Crippen molar-refractivity contribution in [3.05, 3.63) is 53.3 Å². The Hall–Kier alpha value is -1.61. The van der Waals surface area contributed by atoms with Crippen LogP contribution in [0.4, 0.5) is 0 Å². The molecule has 0 amide bonds. The third-order valence-corrected chi connectivity index (χ3v) is 4.06. The Balaban J connectivity index is 1.75. The zero-order valence-electron chi connectivity index (χ0n) is 12.3. The molecule has 1 N–H and O–H groups in total. The number of hydrogen-bond donors (Lipinski definition) is 1. The number of rotatable bonds is 6. The maximum absolute atomic E-state index is 4.46. The van der Waals surface area contributed by atoms with E-state index in [0.29, 0.717) is 5.92 Å². The number of nitrogens with one attached hydrogen (secondary N) is 1. The third kappa shape index (κ3) is 3.28. The lowest BCUT2D eigenvalue weighted by Gasteiger charge is -2.18. The van der Waals surface area contributed by atoms with Crippen molar-refractivity contribution in [2.45, 2.75) is 38.1 Å². The van der Waals surface area contributed by atoms with E-state index in [-0.39, 0.29) is 0 Å². The largest absolute Gasteiger partial charge is 0.313 e. The van der Waals surface area contributed by atoms with Crippen LogP contribution in [0.1, 0.15) is 35.7 Å². The van der Waals surface area contributed by atoms with Crippen molar-refractivity contribution in [1.29, 1.82) is 0 Å². The molecule has 1 saturated carbocycles. The zero-order chi connectivity index (χ0) is 13.9. The lowest BCUT2D eigenvalue weighted by molar-refractivity contribution is 0.557. The van der Waals surface area contributed by atoms with Crippen LogP contribution in [-0.2, 0) is 13.5 Å². The SMILES string of the molecule is Cc1cc(CC(CNC2CC2)c2ccccc2)n(C)n1. The molecule has 0 bridgehead atoms. The second-order valence-electron chi connectivity index (χ2n) is 5.89. The van der Waals surface area contributed by atoms with Crippen molar-refractivity contribution < 1.29 is 0 Å². The van der Waals surface area contributed by atoms with E-state index < -0.39 is 0 Å². The summed E-state index contributed by atoms with van der Waals surface area (Å²) in [7, 11) is 2.04. The zero-order valence-corrected chi connectivity index (χ0v) is 12.3. The van der Waals surface area contributed by atoms with Gasteiger partial charge in [-0.15, -0.1) is 0 Å². The van der Waals surface area contributed by atoms with E-state index in [0.717, 1.165) is 24.7 Å². The van der Waals surface area contributed by atoms with Gasteiger partial charge in [0.1, 0.15) is 0 Å². The first-order valence-corrected chi connectivity index (χ1v) is 7.50. The molecule has 0 spiro atoms. The van der Waals surface area contributed by atoms with Gasteiger partial charge in [-0.1, -0.05) is 30.3 Å². The van der Waals surface area contributed by atoms with E-state index >= 15 is 0 Å². The minimum absolute atomic E-state index is 0.520. The maximum Gasteiger partial charge on any atom is 0.0596 e. The summed E-state index contributed by atoms with van der Waals surface area (Å²) in [5, 5.41) is 8.13. The molecule has 1 heterocycles. The summed E-state index contributed by atoms with van der Waals surface area (Å²) in [5.74, 6) is 0.520. The summed E-state index contributed by atoms with van der Waals surface area (Å²) in [6.07, 6.45) is 3.72. The highest BCUT2D eigenvalue weighted by Crippen LogP contribution is 2.24. The maximum atomic E-state index is 4.46. The number of benzene rings is 1. The van der Waals surface area contributed by atoms with Crippen LogP contribution < -0.4 is 5.32 Å². The van der Waals surface area contributed by atoms with Crippen LogP contribution in [0.2, 0.25) is 0 Å². The Morgan fingerprint density at radius 2 is 2.05 bits per heavy atom. The van der Waals surface area contributed by atoms with Crippen LogP contribution in [0.5, 0.6) is 0 Å². The van der Waals surface area contributed by atoms with E-state index in [9.17, 15) is 0 Å². The van der Waals surface area contributed by atoms with Crippen LogP contribution in [-0.4, -0.2) is 22.4 Å². The molecule has 3 nitrogen and oxygen atoms in total. The highest BCUT2D eigenvalue weighted by Gasteiger charge is 2.23. The van der Waals surface area contributed by atoms with Gasteiger partial charge in [-0.2, -0.15) is 5.10 Å². The van der Waals surface area contributed by atoms with Crippen molar-refractivity contribution in [2.24, 2.45) is 7.05 Å². The van der Waals surface area contributed by atoms with Crippen LogP contribution >= 0.6 is 0 Å². The molecule has 1 aliphatic rings. The molecular weight excluding hydrogens is 246 g/mol. The normalized spacial score (nSPS) is 16.3. The van der Waals surface area contributed by atoms with Crippen LogP contribution in [0.3, 0.4) is 0 Å². The summed E-state index contributed by atoms with van der Waals surface area (Å²) in [6.45, 7) is 3.11. The smallest absolute Gasteiger partial charge is 0.0596 e. The van der Waals surface area contributed by atoms with E-state index in [1.54, 1.807) is 0 Å². The fourth-order valence-electron chi connectivity index (χ4n) is 2.74. The summed E-state index contributed by atoms with van der Waals surface area (Å²) in [6, 6.07) is 13.8. The van der Waals surface area contributed by atoms with Crippen molar-refractivity contribution >= 4 is 0 Å². The predicted molar refractivity (Wildman–Crippen MR) is 81.9 cm³/mol. The van der Waals surface area contributed by atoms with Crippen LogP contribution in [0.25, 0.3) is 0 Å². The quantitative estimate of drug-likeness (QED) is 0.874. The molecule has 0 saturated heterocycles. The monoisotopic (exact) mass is 269 g/mol. The topological polar surface area (TPSA) is 29.9 Å². The first kappa shape index (κ1) is 13.4. The Labute approximate surface area is 121 Å². The Morgan fingerprint density at radius 1 is 1.30 bits per heavy atom. The van der Waals surface area contributed by atoms with E-state index in [1.807, 2.05) is 11.7 Å². The summed E-state index contributed by atoms with van der Waals surface area (Å²) in [5.41, 5.74) is 3.83. The summed E-state index contributed by atoms with van der Waals surface area (Å²) >= 11 is 0. The molecule has 3 heteroatoms. The molecule has 1 fully saturated rings. The van der Waals surface area contributed by atoms with E-state index in [4.69, 9.17) is 0 Å². The molecule has 0 aliphatic heterocycles. The van der Waals surface area contributed by atoms with Gasteiger partial charge < -0.3 is 5.32 Å². The molecule has 0 radical (unpaired) electrons. The minimum atomic E-state index is 0.520. The molecule has 106 valence electrons. The lowest BCUT2D eigenvalue weighted by atomic mass is 9.94. The van der Waals surface area contributed by atoms with E-state index in [1.165, 1.54) is 24.1 Å². The molecule has 1 unspecified atom stereocenters. The van der Waals surface area contributed by atoms with Gasteiger partial charge in [-0.05, 0) is 37.8 Å². The van der Waals surface area contributed by atoms with Crippen LogP contribution in [0.15, 0.2) is 36.4 Å². The fraction of sp³-hybridized carbons (Fsp3) is 0.471. The van der Waals surface area contributed by atoms with Crippen LogP contribution in [0, 0.1) is 6.92 Å². The molecule has 1 aromatic heterocycles. The average Bonchev–Trinajstić information content (AvgIpc) is 3.21. The highest BCUT2D eigenvalue weighted by atomic mass is 15.3. The first-order chi connectivity index (χ1) is 9.72. The highest BCUT2D eigenvalue weighted by molar-refractivity contribution is 5.23. The molecule has 20 heavy (non-hydrogen) atoms. The molecule has 1 aliphatic carbocycles. The van der Waals surface area contributed by atoms with Gasteiger partial charge in [-0.3, -0.25) is 4.68 Å². The number of aromatic nitrogens is 2. The molecule has 1 aromatic carbocycles. The van der Waals surface area contributed by atoms with Gasteiger partial charge in [0, 0.05) is 31.2 Å². The summed E-state index contributed by atoms with van der Waals surface area (Å²) in [4.78, 5) is 0. The van der Waals surface area contributed by atoms with Gasteiger partial charge in [0.2, 0.25) is 0 Å². The molecule has 2 aromatic rings. The van der Waals surface area contributed by atoms with Gasteiger partial charge in [0.15, 0.2) is 0 Å². The van der Waals surface area contributed by atoms with Gasteiger partial charge >= 0.3 is 0 Å². The Morgan fingerprint density at radius 3 is 2.65 bits per heavy atom. The fourth-order valence-corrected chi connectivity index (χ4v) is 2.74. The Bertz CT molecular complexity index is 555. The van der Waals surface area contributed by atoms with Gasteiger partial charge in [0.25, 0.3) is 0 Å². The second kappa shape index (κ2) is 5.80. The number of nitrogens with zero attached hydrogens (tertiary/aromatic N) is 2. The van der Waals surface area contributed by atoms with Crippen molar-refractivity contribution in [2.75, 3.05) is 6.54 Å². The van der Waals surface area contributed by atoms with Crippen molar-refractivity contribution in [3.63, 3.8) is 0 Å². The van der Waals surface area contributed by atoms with E-state index in [2.05, 4.69) is 53.7 Å². The molecular formula is C17H23N3. The van der Waals surface area contributed by atoms with Crippen molar-refractivity contribution in [3.8, 4) is 0 Å². The number of aryl methyl sites for hydroxylation is 2. The van der Waals surface area contributed by atoms with Gasteiger partial charge in [-0.25, -0.2) is 0 Å².